The van der Waals surface area contributed by atoms with Crippen molar-refractivity contribution in [1.82, 2.24) is 19.4 Å². The Labute approximate surface area is 136 Å². The minimum atomic E-state index is 0.0595. The van der Waals surface area contributed by atoms with Gasteiger partial charge in [0, 0.05) is 44.6 Å². The summed E-state index contributed by atoms with van der Waals surface area (Å²) in [5.41, 5.74) is 0.633. The van der Waals surface area contributed by atoms with Crippen molar-refractivity contribution in [2.45, 2.75) is 32.9 Å². The predicted molar refractivity (Wildman–Crippen MR) is 87.1 cm³/mol. The Morgan fingerprint density at radius 2 is 2.17 bits per heavy atom. The zero-order valence-electron chi connectivity index (χ0n) is 13.8. The van der Waals surface area contributed by atoms with Crippen LogP contribution in [0.5, 0.6) is 0 Å². The number of carbonyl (C=O) groups excluding carboxylic acids is 1. The smallest absolute Gasteiger partial charge is 0.257 e. The third-order valence-corrected chi connectivity index (χ3v) is 4.31. The third kappa shape index (κ3) is 3.64. The van der Waals surface area contributed by atoms with Gasteiger partial charge in [0.05, 0.1) is 18.4 Å². The van der Waals surface area contributed by atoms with Gasteiger partial charge in [-0.3, -0.25) is 9.69 Å². The molecule has 1 saturated heterocycles. The van der Waals surface area contributed by atoms with E-state index >= 15 is 0 Å². The standard InChI is InChI=1S/C17H24N4O2/c1-14(2)21-8-5-18-16(21)12-19-6-3-7-20(10-9-19)17(22)15-4-11-23-13-15/h4-5,8,11,13-14H,3,6-7,9-10,12H2,1-2H3. The quantitative estimate of drug-likeness (QED) is 0.869. The Bertz CT molecular complexity index is 633. The maximum absolute atomic E-state index is 12.4. The van der Waals surface area contributed by atoms with Gasteiger partial charge in [0.2, 0.25) is 0 Å². The van der Waals surface area contributed by atoms with Crippen LogP contribution in [0.15, 0.2) is 35.4 Å². The Morgan fingerprint density at radius 3 is 2.91 bits per heavy atom. The van der Waals surface area contributed by atoms with Crippen LogP contribution in [-0.4, -0.2) is 51.4 Å². The lowest BCUT2D eigenvalue weighted by Crippen LogP contribution is -2.35. The number of rotatable bonds is 4. The molecule has 0 saturated carbocycles. The van der Waals surface area contributed by atoms with Gasteiger partial charge >= 0.3 is 0 Å². The summed E-state index contributed by atoms with van der Waals surface area (Å²) < 4.78 is 7.22. The van der Waals surface area contributed by atoms with Gasteiger partial charge in [-0.05, 0) is 26.3 Å². The van der Waals surface area contributed by atoms with Gasteiger partial charge in [-0.1, -0.05) is 0 Å². The summed E-state index contributed by atoms with van der Waals surface area (Å²) in [5.74, 6) is 1.15. The average Bonchev–Trinajstić information content (AvgIpc) is 3.16. The highest BCUT2D eigenvalue weighted by atomic mass is 16.3. The molecule has 1 aliphatic rings. The molecule has 23 heavy (non-hydrogen) atoms. The fourth-order valence-electron chi connectivity index (χ4n) is 3.04. The van der Waals surface area contributed by atoms with Crippen molar-refractivity contribution in [1.29, 1.82) is 0 Å². The summed E-state index contributed by atoms with van der Waals surface area (Å²) >= 11 is 0. The molecule has 0 radical (unpaired) electrons. The molecule has 0 aromatic carbocycles. The summed E-state index contributed by atoms with van der Waals surface area (Å²) in [4.78, 5) is 21.2. The highest BCUT2D eigenvalue weighted by Gasteiger charge is 2.21. The molecule has 6 nitrogen and oxygen atoms in total. The number of aromatic nitrogens is 2. The van der Waals surface area contributed by atoms with Gasteiger partial charge in [0.1, 0.15) is 12.1 Å². The van der Waals surface area contributed by atoms with Crippen molar-refractivity contribution < 1.29 is 9.21 Å². The maximum Gasteiger partial charge on any atom is 0.257 e. The fourth-order valence-corrected chi connectivity index (χ4v) is 3.04. The van der Waals surface area contributed by atoms with E-state index in [4.69, 9.17) is 4.42 Å². The van der Waals surface area contributed by atoms with Crippen LogP contribution in [0, 0.1) is 0 Å². The molecular weight excluding hydrogens is 292 g/mol. The lowest BCUT2D eigenvalue weighted by atomic mass is 10.3. The lowest BCUT2D eigenvalue weighted by Gasteiger charge is -2.22. The van der Waals surface area contributed by atoms with E-state index in [2.05, 4.69) is 28.3 Å². The highest BCUT2D eigenvalue weighted by Crippen LogP contribution is 2.14. The molecule has 2 aromatic heterocycles. The summed E-state index contributed by atoms with van der Waals surface area (Å²) in [6.45, 7) is 8.55. The maximum atomic E-state index is 12.4. The van der Waals surface area contributed by atoms with Crippen molar-refractivity contribution in [3.63, 3.8) is 0 Å². The summed E-state index contributed by atoms with van der Waals surface area (Å²) in [5, 5.41) is 0. The van der Waals surface area contributed by atoms with Crippen LogP contribution >= 0.6 is 0 Å². The SMILES string of the molecule is CC(C)n1ccnc1CN1CCCN(C(=O)c2ccoc2)CC1. The van der Waals surface area contributed by atoms with E-state index in [1.165, 1.54) is 6.26 Å². The molecule has 0 unspecified atom stereocenters. The first-order valence-electron chi connectivity index (χ1n) is 8.20. The third-order valence-electron chi connectivity index (χ3n) is 4.31. The van der Waals surface area contributed by atoms with Crippen LogP contribution in [-0.2, 0) is 6.54 Å². The zero-order chi connectivity index (χ0) is 16.2. The second-order valence-electron chi connectivity index (χ2n) is 6.28. The first-order valence-corrected chi connectivity index (χ1v) is 8.20. The number of hydrogen-bond acceptors (Lipinski definition) is 4. The number of amides is 1. The second kappa shape index (κ2) is 7.00. The Morgan fingerprint density at radius 1 is 1.30 bits per heavy atom. The molecule has 1 aliphatic heterocycles. The second-order valence-corrected chi connectivity index (χ2v) is 6.28. The number of carbonyl (C=O) groups is 1. The van der Waals surface area contributed by atoms with Gasteiger partial charge in [0.25, 0.3) is 5.91 Å². The fraction of sp³-hybridized carbons (Fsp3) is 0.529. The number of nitrogens with zero attached hydrogens (tertiary/aromatic N) is 4. The number of imidazole rings is 1. The van der Waals surface area contributed by atoms with Crippen molar-refractivity contribution in [2.24, 2.45) is 0 Å². The molecule has 0 bridgehead atoms. The van der Waals surface area contributed by atoms with Crippen LogP contribution in [0.25, 0.3) is 0 Å². The van der Waals surface area contributed by atoms with E-state index in [0.717, 1.165) is 45.0 Å². The average molecular weight is 316 g/mol. The first-order chi connectivity index (χ1) is 11.1. The molecule has 1 fully saturated rings. The van der Waals surface area contributed by atoms with Crippen LogP contribution in [0.3, 0.4) is 0 Å². The first kappa shape index (κ1) is 15.8. The van der Waals surface area contributed by atoms with Gasteiger partial charge in [0.15, 0.2) is 0 Å². The molecule has 0 N–H and O–H groups in total. The molecule has 0 spiro atoms. The largest absolute Gasteiger partial charge is 0.472 e. The molecule has 3 rings (SSSR count). The molecule has 1 amide bonds. The van der Waals surface area contributed by atoms with E-state index in [1.807, 2.05) is 17.3 Å². The normalized spacial score (nSPS) is 16.7. The number of hydrogen-bond donors (Lipinski definition) is 0. The van der Waals surface area contributed by atoms with Gasteiger partial charge in [-0.2, -0.15) is 0 Å². The number of furan rings is 1. The highest BCUT2D eigenvalue weighted by molar-refractivity contribution is 5.93. The topological polar surface area (TPSA) is 54.5 Å². The minimum Gasteiger partial charge on any atom is -0.472 e. The van der Waals surface area contributed by atoms with Crippen molar-refractivity contribution in [3.8, 4) is 0 Å². The summed E-state index contributed by atoms with van der Waals surface area (Å²) in [6.07, 6.45) is 7.94. The van der Waals surface area contributed by atoms with Crippen LogP contribution in [0.2, 0.25) is 0 Å². The van der Waals surface area contributed by atoms with Gasteiger partial charge in [-0.25, -0.2) is 4.98 Å². The Balaban J connectivity index is 1.60. The summed E-state index contributed by atoms with van der Waals surface area (Å²) in [7, 11) is 0. The summed E-state index contributed by atoms with van der Waals surface area (Å²) in [6, 6.07) is 2.14. The molecular formula is C17H24N4O2. The van der Waals surface area contributed by atoms with Crippen LogP contribution in [0.1, 0.15) is 42.5 Å². The van der Waals surface area contributed by atoms with Crippen LogP contribution < -0.4 is 0 Å². The molecule has 0 aliphatic carbocycles. The van der Waals surface area contributed by atoms with Crippen molar-refractivity contribution >= 4 is 5.91 Å². The Hall–Kier alpha value is -2.08. The molecule has 124 valence electrons. The Kier molecular flexibility index (Phi) is 4.81. The van der Waals surface area contributed by atoms with E-state index < -0.39 is 0 Å². The molecule has 3 heterocycles. The van der Waals surface area contributed by atoms with Gasteiger partial charge < -0.3 is 13.9 Å². The zero-order valence-corrected chi connectivity index (χ0v) is 13.8. The van der Waals surface area contributed by atoms with E-state index in [-0.39, 0.29) is 5.91 Å². The monoisotopic (exact) mass is 316 g/mol. The van der Waals surface area contributed by atoms with E-state index in [0.29, 0.717) is 11.6 Å². The predicted octanol–water partition coefficient (Wildman–Crippen LogP) is 2.41. The molecule has 6 heteroatoms. The molecule has 0 atom stereocenters. The molecule has 2 aromatic rings. The van der Waals surface area contributed by atoms with Crippen molar-refractivity contribution in [3.05, 3.63) is 42.4 Å². The van der Waals surface area contributed by atoms with Gasteiger partial charge in [-0.15, -0.1) is 0 Å². The lowest BCUT2D eigenvalue weighted by molar-refractivity contribution is 0.0760. The van der Waals surface area contributed by atoms with E-state index in [1.54, 1.807) is 12.3 Å². The van der Waals surface area contributed by atoms with Crippen molar-refractivity contribution in [2.75, 3.05) is 26.2 Å². The minimum absolute atomic E-state index is 0.0595. The van der Waals surface area contributed by atoms with Crippen LogP contribution in [0.4, 0.5) is 0 Å². The van der Waals surface area contributed by atoms with E-state index in [9.17, 15) is 4.79 Å².